The first-order chi connectivity index (χ1) is 12.3. The van der Waals surface area contributed by atoms with E-state index in [4.69, 9.17) is 0 Å². The average Bonchev–Trinajstić information content (AvgIpc) is 3.30. The van der Waals surface area contributed by atoms with Crippen molar-refractivity contribution in [3.8, 4) is 5.69 Å². The number of benzene rings is 2. The minimum absolute atomic E-state index is 0.159. The van der Waals surface area contributed by atoms with Gasteiger partial charge < -0.3 is 5.32 Å². The highest BCUT2D eigenvalue weighted by atomic mass is 16.2. The Morgan fingerprint density at radius 1 is 1.04 bits per heavy atom. The molecule has 1 fully saturated rings. The second-order valence-electron chi connectivity index (χ2n) is 6.57. The van der Waals surface area contributed by atoms with E-state index in [-0.39, 0.29) is 11.3 Å². The first kappa shape index (κ1) is 15.6. The third-order valence-electron chi connectivity index (χ3n) is 4.92. The molecule has 0 radical (unpaired) electrons. The maximum Gasteiger partial charge on any atom is 0.230 e. The molecule has 4 rings (SSSR count). The number of rotatable bonds is 6. The van der Waals surface area contributed by atoms with Crippen LogP contribution in [0.2, 0.25) is 0 Å². The minimum atomic E-state index is -0.286. The fraction of sp³-hybridized carbons (Fsp3) is 0.238. The molecule has 0 bridgehead atoms. The molecule has 0 unspecified atom stereocenters. The number of nitrogens with zero attached hydrogens (tertiary/aromatic N) is 2. The number of hydrogen-bond donors (Lipinski definition) is 1. The zero-order valence-corrected chi connectivity index (χ0v) is 14.1. The predicted octanol–water partition coefficient (Wildman–Crippen LogP) is 3.26. The minimum Gasteiger partial charge on any atom is -0.355 e. The lowest BCUT2D eigenvalue weighted by Crippen LogP contribution is -2.35. The molecular formula is C21H21N3O. The molecule has 25 heavy (non-hydrogen) atoms. The largest absolute Gasteiger partial charge is 0.355 e. The Balaban J connectivity index is 1.33. The van der Waals surface area contributed by atoms with E-state index in [1.54, 1.807) is 6.20 Å². The molecule has 1 heterocycles. The summed E-state index contributed by atoms with van der Waals surface area (Å²) in [5.74, 6) is 0.159. The topological polar surface area (TPSA) is 46.9 Å². The van der Waals surface area contributed by atoms with Gasteiger partial charge in [-0.2, -0.15) is 5.10 Å². The molecule has 0 atom stereocenters. The third-order valence-corrected chi connectivity index (χ3v) is 4.92. The number of hydrogen-bond acceptors (Lipinski definition) is 2. The summed E-state index contributed by atoms with van der Waals surface area (Å²) < 4.78 is 1.84. The van der Waals surface area contributed by atoms with E-state index in [0.29, 0.717) is 6.54 Å². The molecule has 0 spiro atoms. The fourth-order valence-electron chi connectivity index (χ4n) is 3.26. The van der Waals surface area contributed by atoms with E-state index in [0.717, 1.165) is 30.5 Å². The molecule has 1 N–H and O–H groups in total. The van der Waals surface area contributed by atoms with Gasteiger partial charge in [-0.15, -0.1) is 0 Å². The molecular weight excluding hydrogens is 310 g/mol. The quantitative estimate of drug-likeness (QED) is 0.753. The Morgan fingerprint density at radius 2 is 1.80 bits per heavy atom. The summed E-state index contributed by atoms with van der Waals surface area (Å²) in [6, 6.07) is 20.3. The van der Waals surface area contributed by atoms with E-state index < -0.39 is 0 Å². The highest BCUT2D eigenvalue weighted by Crippen LogP contribution is 2.48. The number of amides is 1. The molecule has 1 amide bonds. The Bertz CT molecular complexity index is 835. The predicted molar refractivity (Wildman–Crippen MR) is 97.6 cm³/mol. The van der Waals surface area contributed by atoms with Crippen LogP contribution >= 0.6 is 0 Å². The van der Waals surface area contributed by atoms with Crippen molar-refractivity contribution in [2.45, 2.75) is 24.7 Å². The van der Waals surface area contributed by atoms with Crippen LogP contribution in [0.25, 0.3) is 5.69 Å². The molecule has 1 saturated carbocycles. The normalized spacial score (nSPS) is 14.9. The second kappa shape index (κ2) is 6.55. The van der Waals surface area contributed by atoms with Crippen LogP contribution < -0.4 is 5.32 Å². The van der Waals surface area contributed by atoms with Gasteiger partial charge in [-0.1, -0.05) is 42.5 Å². The molecule has 1 aromatic heterocycles. The summed E-state index contributed by atoms with van der Waals surface area (Å²) in [6.45, 7) is 0.661. The summed E-state index contributed by atoms with van der Waals surface area (Å²) in [5.41, 5.74) is 3.10. The lowest BCUT2D eigenvalue weighted by Gasteiger charge is -2.15. The van der Waals surface area contributed by atoms with Crippen LogP contribution in [0.4, 0.5) is 0 Å². The summed E-state index contributed by atoms with van der Waals surface area (Å²) in [6.07, 6.45) is 6.41. The van der Waals surface area contributed by atoms with Crippen molar-refractivity contribution in [1.82, 2.24) is 15.1 Å². The molecule has 4 nitrogen and oxygen atoms in total. The number of carbonyl (C=O) groups is 1. The summed E-state index contributed by atoms with van der Waals surface area (Å²) in [4.78, 5) is 12.6. The van der Waals surface area contributed by atoms with Gasteiger partial charge in [0, 0.05) is 18.9 Å². The Labute approximate surface area is 147 Å². The SMILES string of the molecule is O=C(NCCc1ccc(-n2cccn2)cc1)C1(c2ccccc2)CC1. The van der Waals surface area contributed by atoms with Gasteiger partial charge in [-0.05, 0) is 48.6 Å². The monoisotopic (exact) mass is 331 g/mol. The zero-order chi connectivity index (χ0) is 17.1. The van der Waals surface area contributed by atoms with E-state index >= 15 is 0 Å². The molecule has 1 aliphatic rings. The number of nitrogens with one attached hydrogen (secondary N) is 1. The van der Waals surface area contributed by atoms with Crippen LogP contribution in [0, 0.1) is 0 Å². The van der Waals surface area contributed by atoms with Crippen LogP contribution in [-0.2, 0) is 16.6 Å². The van der Waals surface area contributed by atoms with E-state index in [1.165, 1.54) is 5.56 Å². The third kappa shape index (κ3) is 3.20. The molecule has 3 aromatic rings. The Kier molecular flexibility index (Phi) is 4.10. The summed E-state index contributed by atoms with van der Waals surface area (Å²) in [7, 11) is 0. The first-order valence-electron chi connectivity index (χ1n) is 8.71. The number of carbonyl (C=O) groups excluding carboxylic acids is 1. The van der Waals surface area contributed by atoms with Gasteiger partial charge in [0.25, 0.3) is 0 Å². The van der Waals surface area contributed by atoms with E-state index in [9.17, 15) is 4.79 Å². The zero-order valence-electron chi connectivity index (χ0n) is 14.1. The Hall–Kier alpha value is -2.88. The van der Waals surface area contributed by atoms with Crippen LogP contribution in [0.15, 0.2) is 73.1 Å². The van der Waals surface area contributed by atoms with Crippen LogP contribution in [0.3, 0.4) is 0 Å². The molecule has 126 valence electrons. The fourth-order valence-corrected chi connectivity index (χ4v) is 3.26. The maximum atomic E-state index is 12.6. The number of aromatic nitrogens is 2. The highest BCUT2D eigenvalue weighted by molar-refractivity contribution is 5.91. The van der Waals surface area contributed by atoms with Gasteiger partial charge >= 0.3 is 0 Å². The van der Waals surface area contributed by atoms with Crippen molar-refractivity contribution < 1.29 is 4.79 Å². The molecule has 0 saturated heterocycles. The molecule has 1 aliphatic carbocycles. The van der Waals surface area contributed by atoms with Gasteiger partial charge in [0.15, 0.2) is 0 Å². The maximum absolute atomic E-state index is 12.6. The lowest BCUT2D eigenvalue weighted by molar-refractivity contribution is -0.123. The van der Waals surface area contributed by atoms with Crippen molar-refractivity contribution in [2.75, 3.05) is 6.54 Å². The molecule has 2 aromatic carbocycles. The average molecular weight is 331 g/mol. The van der Waals surface area contributed by atoms with Crippen LogP contribution in [0.1, 0.15) is 24.0 Å². The van der Waals surface area contributed by atoms with Crippen molar-refractivity contribution >= 4 is 5.91 Å². The van der Waals surface area contributed by atoms with Gasteiger partial charge in [-0.25, -0.2) is 4.68 Å². The van der Waals surface area contributed by atoms with Gasteiger partial charge in [-0.3, -0.25) is 4.79 Å². The second-order valence-corrected chi connectivity index (χ2v) is 6.57. The van der Waals surface area contributed by atoms with Crippen molar-refractivity contribution in [3.05, 3.63) is 84.2 Å². The standard InChI is InChI=1S/C21H21N3O/c25-20(21(12-13-21)18-5-2-1-3-6-18)22-15-11-17-7-9-19(10-8-17)24-16-4-14-23-24/h1-10,14,16H,11-13,15H2,(H,22,25). The summed E-state index contributed by atoms with van der Waals surface area (Å²) in [5, 5.41) is 7.34. The smallest absolute Gasteiger partial charge is 0.230 e. The van der Waals surface area contributed by atoms with Crippen molar-refractivity contribution in [3.63, 3.8) is 0 Å². The van der Waals surface area contributed by atoms with Crippen molar-refractivity contribution in [2.24, 2.45) is 0 Å². The molecule has 0 aliphatic heterocycles. The highest BCUT2D eigenvalue weighted by Gasteiger charge is 2.50. The van der Waals surface area contributed by atoms with Crippen LogP contribution in [0.5, 0.6) is 0 Å². The van der Waals surface area contributed by atoms with E-state index in [2.05, 4.69) is 46.8 Å². The molecule has 4 heteroatoms. The van der Waals surface area contributed by atoms with Gasteiger partial charge in [0.2, 0.25) is 5.91 Å². The first-order valence-corrected chi connectivity index (χ1v) is 8.71. The van der Waals surface area contributed by atoms with Gasteiger partial charge in [0.05, 0.1) is 11.1 Å². The van der Waals surface area contributed by atoms with E-state index in [1.807, 2.05) is 35.1 Å². The van der Waals surface area contributed by atoms with Crippen molar-refractivity contribution in [1.29, 1.82) is 0 Å². The Morgan fingerprint density at radius 3 is 2.44 bits per heavy atom. The van der Waals surface area contributed by atoms with Crippen LogP contribution in [-0.4, -0.2) is 22.2 Å². The van der Waals surface area contributed by atoms with Gasteiger partial charge in [0.1, 0.15) is 0 Å². The lowest BCUT2D eigenvalue weighted by atomic mass is 9.95. The summed E-state index contributed by atoms with van der Waals surface area (Å²) >= 11 is 0.